The summed E-state index contributed by atoms with van der Waals surface area (Å²) in [7, 11) is -3.69. The highest BCUT2D eigenvalue weighted by molar-refractivity contribution is 9.10. The molecule has 0 saturated heterocycles. The summed E-state index contributed by atoms with van der Waals surface area (Å²) in [4.78, 5) is 11.1. The van der Waals surface area contributed by atoms with Crippen molar-refractivity contribution in [3.05, 3.63) is 34.3 Å². The second kappa shape index (κ2) is 7.19. The van der Waals surface area contributed by atoms with Gasteiger partial charge in [-0.15, -0.1) is 0 Å². The van der Waals surface area contributed by atoms with Gasteiger partial charge in [0.2, 0.25) is 10.0 Å². The normalized spacial score (nSPS) is 13.4. The summed E-state index contributed by atoms with van der Waals surface area (Å²) in [6.45, 7) is 3.69. The van der Waals surface area contributed by atoms with Crippen molar-refractivity contribution in [3.63, 3.8) is 0 Å². The average Bonchev–Trinajstić information content (AvgIpc) is 2.26. The van der Waals surface area contributed by atoms with Crippen LogP contribution in [0, 0.1) is 5.92 Å². The van der Waals surface area contributed by atoms with E-state index in [9.17, 15) is 13.2 Å². The van der Waals surface area contributed by atoms with Gasteiger partial charge in [0.1, 0.15) is 6.04 Å². The topological polar surface area (TPSA) is 83.5 Å². The first kappa shape index (κ1) is 17.1. The van der Waals surface area contributed by atoms with E-state index in [0.29, 0.717) is 5.56 Å². The molecular weight excluding hydrogens is 346 g/mol. The summed E-state index contributed by atoms with van der Waals surface area (Å²) in [6, 6.07) is 5.81. The van der Waals surface area contributed by atoms with Gasteiger partial charge < -0.3 is 5.11 Å². The van der Waals surface area contributed by atoms with E-state index in [0.717, 1.165) is 4.47 Å². The zero-order valence-electron chi connectivity index (χ0n) is 11.3. The summed E-state index contributed by atoms with van der Waals surface area (Å²) in [5, 5.41) is 9.06. The van der Waals surface area contributed by atoms with Crippen molar-refractivity contribution >= 4 is 31.9 Å². The standard InChI is InChI=1S/C13H18BrNO4S/c1-9(2)6-12(13(16)17)15-20(18,19)8-10-4-3-5-11(14)7-10/h3-5,7,9,12,15H,6,8H2,1-2H3,(H,16,17)/t12-/m1/s1. The third kappa shape index (κ3) is 6.02. The lowest BCUT2D eigenvalue weighted by molar-refractivity contribution is -0.139. The fourth-order valence-electron chi connectivity index (χ4n) is 1.78. The number of benzene rings is 1. The number of carbonyl (C=O) groups is 1. The lowest BCUT2D eigenvalue weighted by atomic mass is 10.1. The fourth-order valence-corrected chi connectivity index (χ4v) is 3.55. The molecule has 2 N–H and O–H groups in total. The van der Waals surface area contributed by atoms with Gasteiger partial charge in [0.15, 0.2) is 0 Å². The fraction of sp³-hybridized carbons (Fsp3) is 0.462. The van der Waals surface area contributed by atoms with E-state index in [4.69, 9.17) is 5.11 Å². The number of hydrogen-bond acceptors (Lipinski definition) is 3. The van der Waals surface area contributed by atoms with E-state index in [1.54, 1.807) is 24.3 Å². The molecule has 0 amide bonds. The van der Waals surface area contributed by atoms with Crippen molar-refractivity contribution in [3.8, 4) is 0 Å². The lowest BCUT2D eigenvalue weighted by Gasteiger charge is -2.16. The minimum Gasteiger partial charge on any atom is -0.480 e. The van der Waals surface area contributed by atoms with Crippen molar-refractivity contribution in [1.82, 2.24) is 4.72 Å². The number of carboxylic acids is 1. The Hall–Kier alpha value is -0.920. The zero-order chi connectivity index (χ0) is 15.3. The van der Waals surface area contributed by atoms with Gasteiger partial charge in [-0.3, -0.25) is 4.79 Å². The molecule has 5 nitrogen and oxygen atoms in total. The molecule has 0 aliphatic heterocycles. The van der Waals surface area contributed by atoms with Gasteiger partial charge in [-0.05, 0) is 30.0 Å². The first-order valence-corrected chi connectivity index (χ1v) is 8.61. The van der Waals surface area contributed by atoms with Crippen LogP contribution < -0.4 is 4.72 Å². The molecule has 1 atom stereocenters. The van der Waals surface area contributed by atoms with Gasteiger partial charge in [0, 0.05) is 4.47 Å². The molecule has 112 valence electrons. The number of rotatable bonds is 7. The smallest absolute Gasteiger partial charge is 0.321 e. The number of nitrogens with one attached hydrogen (secondary N) is 1. The Balaban J connectivity index is 2.80. The van der Waals surface area contributed by atoms with Gasteiger partial charge >= 0.3 is 5.97 Å². The van der Waals surface area contributed by atoms with Crippen LogP contribution in [0.15, 0.2) is 28.7 Å². The molecular formula is C13H18BrNO4S. The molecule has 1 rings (SSSR count). The Kier molecular flexibility index (Phi) is 6.16. The summed E-state index contributed by atoms with van der Waals surface area (Å²) in [6.07, 6.45) is 0.257. The van der Waals surface area contributed by atoms with Gasteiger partial charge in [-0.25, -0.2) is 13.1 Å². The highest BCUT2D eigenvalue weighted by Gasteiger charge is 2.24. The number of sulfonamides is 1. The highest BCUT2D eigenvalue weighted by atomic mass is 79.9. The Morgan fingerprint density at radius 1 is 1.40 bits per heavy atom. The van der Waals surface area contributed by atoms with Gasteiger partial charge in [0.05, 0.1) is 5.75 Å². The maximum Gasteiger partial charge on any atom is 0.321 e. The zero-order valence-corrected chi connectivity index (χ0v) is 13.7. The molecule has 0 bridgehead atoms. The van der Waals surface area contributed by atoms with Crippen LogP contribution in [-0.4, -0.2) is 25.5 Å². The van der Waals surface area contributed by atoms with Crippen LogP contribution in [0.5, 0.6) is 0 Å². The molecule has 1 aromatic carbocycles. The van der Waals surface area contributed by atoms with Crippen molar-refractivity contribution in [2.75, 3.05) is 0 Å². The van der Waals surface area contributed by atoms with E-state index in [-0.39, 0.29) is 18.1 Å². The molecule has 0 saturated carbocycles. The van der Waals surface area contributed by atoms with Crippen molar-refractivity contribution in [2.45, 2.75) is 32.1 Å². The van der Waals surface area contributed by atoms with Crippen LogP contribution in [0.4, 0.5) is 0 Å². The van der Waals surface area contributed by atoms with E-state index in [1.807, 2.05) is 13.8 Å². The van der Waals surface area contributed by atoms with Crippen molar-refractivity contribution < 1.29 is 18.3 Å². The average molecular weight is 364 g/mol. The molecule has 0 heterocycles. The Bertz CT molecular complexity index is 571. The summed E-state index contributed by atoms with van der Waals surface area (Å²) < 4.78 is 27.1. The summed E-state index contributed by atoms with van der Waals surface area (Å²) in [5.41, 5.74) is 0.598. The van der Waals surface area contributed by atoms with Crippen molar-refractivity contribution in [1.29, 1.82) is 0 Å². The SMILES string of the molecule is CC(C)C[C@@H](NS(=O)(=O)Cc1cccc(Br)c1)C(=O)O. The van der Waals surface area contributed by atoms with E-state index in [2.05, 4.69) is 20.7 Å². The van der Waals surface area contributed by atoms with Gasteiger partial charge in [-0.1, -0.05) is 41.9 Å². The molecule has 0 aromatic heterocycles. The molecule has 20 heavy (non-hydrogen) atoms. The van der Waals surface area contributed by atoms with Gasteiger partial charge in [-0.2, -0.15) is 0 Å². The number of hydrogen-bond donors (Lipinski definition) is 2. The predicted molar refractivity (Wildman–Crippen MR) is 80.8 cm³/mol. The molecule has 0 aliphatic carbocycles. The lowest BCUT2D eigenvalue weighted by Crippen LogP contribution is -2.42. The number of halogens is 1. The maximum absolute atomic E-state index is 12.0. The van der Waals surface area contributed by atoms with Crippen LogP contribution in [-0.2, 0) is 20.6 Å². The quantitative estimate of drug-likeness (QED) is 0.778. The van der Waals surface area contributed by atoms with E-state index in [1.165, 1.54) is 0 Å². The van der Waals surface area contributed by atoms with Crippen LogP contribution in [0.1, 0.15) is 25.8 Å². The van der Waals surface area contributed by atoms with Crippen LogP contribution >= 0.6 is 15.9 Å². The third-order valence-electron chi connectivity index (χ3n) is 2.57. The molecule has 0 unspecified atom stereocenters. The third-order valence-corrected chi connectivity index (χ3v) is 4.42. The maximum atomic E-state index is 12.0. The Morgan fingerprint density at radius 3 is 2.55 bits per heavy atom. The van der Waals surface area contributed by atoms with Crippen LogP contribution in [0.3, 0.4) is 0 Å². The molecule has 1 aromatic rings. The first-order chi connectivity index (χ1) is 9.19. The van der Waals surface area contributed by atoms with Gasteiger partial charge in [0.25, 0.3) is 0 Å². The largest absolute Gasteiger partial charge is 0.480 e. The Morgan fingerprint density at radius 2 is 2.05 bits per heavy atom. The molecule has 0 radical (unpaired) electrons. The number of aliphatic carboxylic acids is 1. The second-order valence-electron chi connectivity index (χ2n) is 5.03. The first-order valence-electron chi connectivity index (χ1n) is 6.17. The van der Waals surface area contributed by atoms with Crippen LogP contribution in [0.25, 0.3) is 0 Å². The molecule has 0 aliphatic rings. The van der Waals surface area contributed by atoms with Crippen LogP contribution in [0.2, 0.25) is 0 Å². The Labute approximate surface area is 127 Å². The van der Waals surface area contributed by atoms with E-state index >= 15 is 0 Å². The second-order valence-corrected chi connectivity index (χ2v) is 7.70. The summed E-state index contributed by atoms with van der Waals surface area (Å²) >= 11 is 3.27. The van der Waals surface area contributed by atoms with Crippen molar-refractivity contribution in [2.24, 2.45) is 5.92 Å². The minimum absolute atomic E-state index is 0.0877. The molecule has 0 fully saturated rings. The molecule has 0 spiro atoms. The minimum atomic E-state index is -3.69. The number of carboxylic acid groups (broad SMARTS) is 1. The summed E-state index contributed by atoms with van der Waals surface area (Å²) in [5.74, 6) is -1.31. The molecule has 7 heteroatoms. The van der Waals surface area contributed by atoms with E-state index < -0.39 is 22.0 Å². The monoisotopic (exact) mass is 363 g/mol. The predicted octanol–water partition coefficient (Wildman–Crippen LogP) is 2.37. The highest BCUT2D eigenvalue weighted by Crippen LogP contribution is 2.14.